The van der Waals surface area contributed by atoms with E-state index in [1.165, 1.54) is 10.9 Å². The number of nitrogens with zero attached hydrogens (tertiary/aromatic N) is 1. The normalized spacial score (nSPS) is 11.1. The number of methoxy groups -OCH3 is 1. The third kappa shape index (κ3) is 5.79. The van der Waals surface area contributed by atoms with Gasteiger partial charge < -0.3 is 14.8 Å². The van der Waals surface area contributed by atoms with Crippen molar-refractivity contribution >= 4 is 10.9 Å². The molecule has 4 nitrogen and oxygen atoms in total. The molecule has 1 heterocycles. The number of hydrogen-bond donors (Lipinski definition) is 1. The molecule has 0 fully saturated rings. The van der Waals surface area contributed by atoms with Crippen LogP contribution in [0.15, 0.2) is 36.5 Å². The van der Waals surface area contributed by atoms with Crippen LogP contribution in [0.2, 0.25) is 0 Å². The van der Waals surface area contributed by atoms with Gasteiger partial charge in [-0.25, -0.2) is 0 Å². The number of benzene rings is 1. The van der Waals surface area contributed by atoms with Crippen LogP contribution in [-0.2, 0) is 16.0 Å². The van der Waals surface area contributed by atoms with Gasteiger partial charge in [-0.05, 0) is 43.1 Å². The maximum absolute atomic E-state index is 5.43. The molecule has 1 aromatic carbocycles. The number of hydrogen-bond acceptors (Lipinski definition) is 4. The molecule has 0 unspecified atom stereocenters. The minimum absolute atomic E-state index is 0.676. The van der Waals surface area contributed by atoms with Crippen LogP contribution in [0.4, 0.5) is 0 Å². The first kappa shape index (κ1) is 15.9. The molecule has 1 aromatic heterocycles. The molecule has 0 aliphatic heterocycles. The average Bonchev–Trinajstić information content (AvgIpc) is 2.53. The van der Waals surface area contributed by atoms with Crippen LogP contribution in [0.5, 0.6) is 0 Å². The molecule has 0 amide bonds. The Morgan fingerprint density at radius 2 is 2.05 bits per heavy atom. The van der Waals surface area contributed by atoms with E-state index in [4.69, 9.17) is 9.47 Å². The molecule has 0 saturated heterocycles. The largest absolute Gasteiger partial charge is 0.382 e. The van der Waals surface area contributed by atoms with Crippen LogP contribution in [-0.4, -0.2) is 38.5 Å². The van der Waals surface area contributed by atoms with Gasteiger partial charge in [-0.3, -0.25) is 4.98 Å². The molecule has 0 saturated carbocycles. The Morgan fingerprint density at radius 1 is 1.10 bits per heavy atom. The predicted octanol–water partition coefficient (Wildman–Crippen LogP) is 2.77. The highest BCUT2D eigenvalue weighted by molar-refractivity contribution is 5.78. The molecular formula is C17H24N2O2. The van der Waals surface area contributed by atoms with Crippen LogP contribution in [0.1, 0.15) is 18.4 Å². The van der Waals surface area contributed by atoms with E-state index in [0.29, 0.717) is 13.2 Å². The second kappa shape index (κ2) is 9.45. The minimum atomic E-state index is 0.676. The number of rotatable bonds is 10. The zero-order valence-electron chi connectivity index (χ0n) is 12.7. The molecular weight excluding hydrogens is 264 g/mol. The molecule has 0 atom stereocenters. The Labute approximate surface area is 126 Å². The molecule has 4 heteroatoms. The van der Waals surface area contributed by atoms with Crippen LogP contribution < -0.4 is 5.32 Å². The Hall–Kier alpha value is -1.49. The Balaban J connectivity index is 1.59. The summed E-state index contributed by atoms with van der Waals surface area (Å²) in [6.07, 6.45) is 4.04. The number of aromatic nitrogens is 1. The van der Waals surface area contributed by atoms with E-state index in [2.05, 4.69) is 34.6 Å². The third-order valence-corrected chi connectivity index (χ3v) is 3.32. The average molecular weight is 288 g/mol. The molecule has 0 aliphatic rings. The fourth-order valence-corrected chi connectivity index (χ4v) is 2.17. The lowest BCUT2D eigenvalue weighted by Crippen LogP contribution is -2.15. The smallest absolute Gasteiger partial charge is 0.0702 e. The third-order valence-electron chi connectivity index (χ3n) is 3.32. The van der Waals surface area contributed by atoms with E-state index in [9.17, 15) is 0 Å². The Morgan fingerprint density at radius 3 is 2.95 bits per heavy atom. The van der Waals surface area contributed by atoms with Gasteiger partial charge in [0.2, 0.25) is 0 Å². The molecule has 21 heavy (non-hydrogen) atoms. The van der Waals surface area contributed by atoms with Crippen molar-refractivity contribution in [1.29, 1.82) is 0 Å². The van der Waals surface area contributed by atoms with Crippen molar-refractivity contribution in [2.45, 2.75) is 19.4 Å². The fraction of sp³-hybridized carbons (Fsp3) is 0.471. The van der Waals surface area contributed by atoms with Gasteiger partial charge in [-0.2, -0.15) is 0 Å². The van der Waals surface area contributed by atoms with Gasteiger partial charge in [-0.15, -0.1) is 0 Å². The van der Waals surface area contributed by atoms with E-state index < -0.39 is 0 Å². The summed E-state index contributed by atoms with van der Waals surface area (Å²) < 4.78 is 10.4. The maximum Gasteiger partial charge on any atom is 0.0702 e. The highest BCUT2D eigenvalue weighted by Crippen LogP contribution is 2.13. The molecule has 0 spiro atoms. The zero-order chi connectivity index (χ0) is 14.8. The number of unbranched alkanes of at least 4 members (excludes halogenated alkanes) is 1. The molecule has 2 aromatic rings. The van der Waals surface area contributed by atoms with E-state index in [0.717, 1.165) is 38.1 Å². The molecule has 2 rings (SSSR count). The van der Waals surface area contributed by atoms with Crippen molar-refractivity contribution in [1.82, 2.24) is 10.3 Å². The summed E-state index contributed by atoms with van der Waals surface area (Å²) in [5.74, 6) is 0. The highest BCUT2D eigenvalue weighted by Gasteiger charge is 1.97. The summed E-state index contributed by atoms with van der Waals surface area (Å²) in [4.78, 5) is 4.33. The van der Waals surface area contributed by atoms with Gasteiger partial charge in [0.1, 0.15) is 0 Å². The first-order chi connectivity index (χ1) is 10.4. The number of nitrogens with one attached hydrogen (secondary N) is 1. The van der Waals surface area contributed by atoms with E-state index in [-0.39, 0.29) is 0 Å². The second-order valence-corrected chi connectivity index (χ2v) is 5.02. The van der Waals surface area contributed by atoms with Crippen molar-refractivity contribution in [3.05, 3.63) is 42.1 Å². The molecule has 0 aliphatic carbocycles. The van der Waals surface area contributed by atoms with Crippen molar-refractivity contribution in [2.75, 3.05) is 33.5 Å². The number of ether oxygens (including phenoxy) is 2. The lowest BCUT2D eigenvalue weighted by Gasteiger charge is -2.07. The standard InChI is InChI=1S/C17H24N2O2/c1-20-11-12-21-10-3-2-8-18-14-15-6-7-17-16(13-15)5-4-9-19-17/h4-7,9,13,18H,2-3,8,10-12,14H2,1H3. The summed E-state index contributed by atoms with van der Waals surface area (Å²) in [7, 11) is 1.69. The minimum Gasteiger partial charge on any atom is -0.382 e. The second-order valence-electron chi connectivity index (χ2n) is 5.02. The van der Waals surface area contributed by atoms with Gasteiger partial charge >= 0.3 is 0 Å². The lowest BCUT2D eigenvalue weighted by atomic mass is 10.1. The fourth-order valence-electron chi connectivity index (χ4n) is 2.17. The van der Waals surface area contributed by atoms with Gasteiger partial charge in [0.05, 0.1) is 18.7 Å². The lowest BCUT2D eigenvalue weighted by molar-refractivity contribution is 0.0688. The Kier molecular flexibility index (Phi) is 7.15. The molecule has 0 radical (unpaired) electrons. The molecule has 114 valence electrons. The number of pyridine rings is 1. The summed E-state index contributed by atoms with van der Waals surface area (Å²) in [6, 6.07) is 10.5. The molecule has 1 N–H and O–H groups in total. The first-order valence-electron chi connectivity index (χ1n) is 7.51. The Bertz CT molecular complexity index is 531. The van der Waals surface area contributed by atoms with Crippen molar-refractivity contribution in [3.8, 4) is 0 Å². The predicted molar refractivity (Wildman–Crippen MR) is 85.4 cm³/mol. The SMILES string of the molecule is COCCOCCCCNCc1ccc2ncccc2c1. The maximum atomic E-state index is 5.43. The highest BCUT2D eigenvalue weighted by atomic mass is 16.5. The molecule has 0 bridgehead atoms. The van der Waals surface area contributed by atoms with Crippen LogP contribution in [0, 0.1) is 0 Å². The summed E-state index contributed by atoms with van der Waals surface area (Å²) in [6.45, 7) is 4.09. The number of fused-ring (bicyclic) bond motifs is 1. The van der Waals surface area contributed by atoms with Crippen LogP contribution in [0.3, 0.4) is 0 Å². The summed E-state index contributed by atoms with van der Waals surface area (Å²) in [5.41, 5.74) is 2.35. The van der Waals surface area contributed by atoms with Gasteiger partial charge in [0.15, 0.2) is 0 Å². The van der Waals surface area contributed by atoms with E-state index in [1.807, 2.05) is 12.3 Å². The first-order valence-corrected chi connectivity index (χ1v) is 7.51. The van der Waals surface area contributed by atoms with Gasteiger partial charge in [0, 0.05) is 31.8 Å². The van der Waals surface area contributed by atoms with Gasteiger partial charge in [0.25, 0.3) is 0 Å². The topological polar surface area (TPSA) is 43.4 Å². The summed E-state index contributed by atoms with van der Waals surface area (Å²) in [5, 5.41) is 4.67. The van der Waals surface area contributed by atoms with Crippen LogP contribution in [0.25, 0.3) is 10.9 Å². The van der Waals surface area contributed by atoms with E-state index in [1.54, 1.807) is 7.11 Å². The van der Waals surface area contributed by atoms with Crippen LogP contribution >= 0.6 is 0 Å². The van der Waals surface area contributed by atoms with Crippen molar-refractivity contribution in [2.24, 2.45) is 0 Å². The monoisotopic (exact) mass is 288 g/mol. The van der Waals surface area contributed by atoms with Gasteiger partial charge in [-0.1, -0.05) is 12.1 Å². The summed E-state index contributed by atoms with van der Waals surface area (Å²) >= 11 is 0. The van der Waals surface area contributed by atoms with E-state index >= 15 is 0 Å². The zero-order valence-corrected chi connectivity index (χ0v) is 12.7. The van der Waals surface area contributed by atoms with Crippen molar-refractivity contribution < 1.29 is 9.47 Å². The quantitative estimate of drug-likeness (QED) is 0.683. The van der Waals surface area contributed by atoms with Crippen molar-refractivity contribution in [3.63, 3.8) is 0 Å².